The smallest absolute Gasteiger partial charge is 0.225 e. The summed E-state index contributed by atoms with van der Waals surface area (Å²) in [5.74, 6) is 2.39. The number of carbonyl (C=O) groups is 1. The molecule has 21 heavy (non-hydrogen) atoms. The minimum absolute atomic E-state index is 0.292. The molecule has 0 radical (unpaired) electrons. The fourth-order valence-electron chi connectivity index (χ4n) is 3.94. The number of amides is 1. The fourth-order valence-corrected chi connectivity index (χ4v) is 3.94. The average molecular weight is 294 g/mol. The number of piperidine rings is 2. The van der Waals surface area contributed by atoms with Crippen LogP contribution in [0.4, 0.5) is 0 Å². The molecule has 0 aromatic carbocycles. The molecule has 3 heteroatoms. The summed E-state index contributed by atoms with van der Waals surface area (Å²) >= 11 is 0. The van der Waals surface area contributed by atoms with Gasteiger partial charge in [0.2, 0.25) is 5.91 Å². The van der Waals surface area contributed by atoms with E-state index >= 15 is 0 Å². The number of hydrogen-bond donors (Lipinski definition) is 0. The Morgan fingerprint density at radius 3 is 2.05 bits per heavy atom. The molecule has 2 rings (SSSR count). The topological polar surface area (TPSA) is 23.6 Å². The van der Waals surface area contributed by atoms with E-state index in [1.807, 2.05) is 0 Å². The second-order valence-electron chi connectivity index (χ2n) is 7.45. The van der Waals surface area contributed by atoms with Crippen molar-refractivity contribution in [2.24, 2.45) is 17.8 Å². The van der Waals surface area contributed by atoms with E-state index in [-0.39, 0.29) is 0 Å². The highest BCUT2D eigenvalue weighted by Crippen LogP contribution is 2.29. The molecule has 1 atom stereocenters. The zero-order chi connectivity index (χ0) is 15.4. The van der Waals surface area contributed by atoms with Crippen molar-refractivity contribution in [1.82, 2.24) is 9.80 Å². The molecule has 2 fully saturated rings. The Morgan fingerprint density at radius 1 is 1.00 bits per heavy atom. The van der Waals surface area contributed by atoms with Crippen molar-refractivity contribution >= 4 is 5.91 Å². The Bertz CT molecular complexity index is 326. The maximum atomic E-state index is 12.7. The average Bonchev–Trinajstić information content (AvgIpc) is 2.53. The first-order chi connectivity index (χ1) is 10.0. The van der Waals surface area contributed by atoms with E-state index in [9.17, 15) is 4.79 Å². The SMILES string of the molecule is CCC(C)C1CCN(C(=O)C2CCN(C(C)C)CC2)CC1. The predicted molar refractivity (Wildman–Crippen MR) is 88.2 cm³/mol. The summed E-state index contributed by atoms with van der Waals surface area (Å²) in [6.45, 7) is 13.3. The van der Waals surface area contributed by atoms with Crippen molar-refractivity contribution in [3.8, 4) is 0 Å². The molecule has 3 nitrogen and oxygen atoms in total. The molecule has 0 spiro atoms. The number of hydrogen-bond acceptors (Lipinski definition) is 2. The number of nitrogens with zero attached hydrogens (tertiary/aromatic N) is 2. The summed E-state index contributed by atoms with van der Waals surface area (Å²) in [6.07, 6.45) is 5.81. The second kappa shape index (κ2) is 7.62. The molecule has 0 saturated carbocycles. The first-order valence-corrected chi connectivity index (χ1v) is 9.05. The van der Waals surface area contributed by atoms with Crippen LogP contribution < -0.4 is 0 Å². The van der Waals surface area contributed by atoms with Crippen LogP contribution in [0.3, 0.4) is 0 Å². The van der Waals surface area contributed by atoms with Crippen LogP contribution >= 0.6 is 0 Å². The van der Waals surface area contributed by atoms with Gasteiger partial charge in [-0.2, -0.15) is 0 Å². The highest BCUT2D eigenvalue weighted by atomic mass is 16.2. The van der Waals surface area contributed by atoms with Gasteiger partial charge >= 0.3 is 0 Å². The molecule has 0 aromatic heterocycles. The first kappa shape index (κ1) is 16.8. The summed E-state index contributed by atoms with van der Waals surface area (Å²) in [6, 6.07) is 0.618. The van der Waals surface area contributed by atoms with Gasteiger partial charge in [0.25, 0.3) is 0 Å². The van der Waals surface area contributed by atoms with Gasteiger partial charge in [0.1, 0.15) is 0 Å². The highest BCUT2D eigenvalue weighted by Gasteiger charge is 2.32. The maximum absolute atomic E-state index is 12.7. The lowest BCUT2D eigenvalue weighted by Crippen LogP contribution is -2.47. The molecule has 0 bridgehead atoms. The third-order valence-corrected chi connectivity index (χ3v) is 5.91. The molecule has 2 aliphatic heterocycles. The third kappa shape index (κ3) is 4.21. The lowest BCUT2D eigenvalue weighted by atomic mass is 9.83. The highest BCUT2D eigenvalue weighted by molar-refractivity contribution is 5.79. The molecule has 122 valence electrons. The van der Waals surface area contributed by atoms with Crippen LogP contribution in [0, 0.1) is 17.8 Å². The van der Waals surface area contributed by atoms with Crippen molar-refractivity contribution in [3.63, 3.8) is 0 Å². The van der Waals surface area contributed by atoms with Crippen LogP contribution in [-0.2, 0) is 4.79 Å². The van der Waals surface area contributed by atoms with Gasteiger partial charge in [-0.15, -0.1) is 0 Å². The van der Waals surface area contributed by atoms with Crippen molar-refractivity contribution in [3.05, 3.63) is 0 Å². The van der Waals surface area contributed by atoms with Crippen molar-refractivity contribution in [2.75, 3.05) is 26.2 Å². The number of rotatable bonds is 4. The lowest BCUT2D eigenvalue weighted by molar-refractivity contribution is -0.138. The molecular weight excluding hydrogens is 260 g/mol. The van der Waals surface area contributed by atoms with E-state index in [0.29, 0.717) is 17.9 Å². The molecule has 2 heterocycles. The monoisotopic (exact) mass is 294 g/mol. The number of likely N-dealkylation sites (tertiary alicyclic amines) is 2. The van der Waals surface area contributed by atoms with Crippen LogP contribution in [0.25, 0.3) is 0 Å². The van der Waals surface area contributed by atoms with Gasteiger partial charge in [-0.1, -0.05) is 20.3 Å². The Morgan fingerprint density at radius 2 is 1.57 bits per heavy atom. The van der Waals surface area contributed by atoms with Gasteiger partial charge < -0.3 is 9.80 Å². The minimum atomic E-state index is 0.292. The van der Waals surface area contributed by atoms with Gasteiger partial charge in [-0.3, -0.25) is 4.79 Å². The standard InChI is InChI=1S/C18H34N2O/c1-5-15(4)16-6-12-20(13-7-16)18(21)17-8-10-19(11-9-17)14(2)3/h14-17H,5-13H2,1-4H3. The Labute approximate surface area is 131 Å². The van der Waals surface area contributed by atoms with E-state index < -0.39 is 0 Å². The summed E-state index contributed by atoms with van der Waals surface area (Å²) in [4.78, 5) is 17.3. The predicted octanol–water partition coefficient (Wildman–Crippen LogP) is 3.39. The van der Waals surface area contributed by atoms with Crippen LogP contribution in [-0.4, -0.2) is 47.9 Å². The molecular formula is C18H34N2O. The molecule has 0 aromatic rings. The van der Waals surface area contributed by atoms with Crippen molar-refractivity contribution in [2.45, 2.75) is 65.8 Å². The van der Waals surface area contributed by atoms with E-state index in [1.165, 1.54) is 19.3 Å². The summed E-state index contributed by atoms with van der Waals surface area (Å²) in [5.41, 5.74) is 0. The second-order valence-corrected chi connectivity index (χ2v) is 7.45. The fraction of sp³-hybridized carbons (Fsp3) is 0.944. The molecule has 0 aliphatic carbocycles. The van der Waals surface area contributed by atoms with Gasteiger partial charge in [0.05, 0.1) is 0 Å². The molecule has 0 N–H and O–H groups in total. The molecule has 2 aliphatic rings. The van der Waals surface area contributed by atoms with E-state index in [2.05, 4.69) is 37.5 Å². The zero-order valence-electron chi connectivity index (χ0n) is 14.5. The van der Waals surface area contributed by atoms with Crippen molar-refractivity contribution < 1.29 is 4.79 Å². The van der Waals surface area contributed by atoms with Crippen LogP contribution in [0.5, 0.6) is 0 Å². The maximum Gasteiger partial charge on any atom is 0.225 e. The minimum Gasteiger partial charge on any atom is -0.342 e. The van der Waals surface area contributed by atoms with E-state index in [1.54, 1.807) is 0 Å². The Balaban J connectivity index is 1.78. The molecule has 1 unspecified atom stereocenters. The third-order valence-electron chi connectivity index (χ3n) is 5.91. The van der Waals surface area contributed by atoms with Crippen LogP contribution in [0.15, 0.2) is 0 Å². The Hall–Kier alpha value is -0.570. The molecule has 1 amide bonds. The van der Waals surface area contributed by atoms with Crippen LogP contribution in [0.2, 0.25) is 0 Å². The molecule has 2 saturated heterocycles. The summed E-state index contributed by atoms with van der Waals surface area (Å²) < 4.78 is 0. The Kier molecular flexibility index (Phi) is 6.09. The van der Waals surface area contributed by atoms with Crippen molar-refractivity contribution in [1.29, 1.82) is 0 Å². The van der Waals surface area contributed by atoms with E-state index in [4.69, 9.17) is 0 Å². The lowest BCUT2D eigenvalue weighted by Gasteiger charge is -2.39. The quantitative estimate of drug-likeness (QED) is 0.793. The first-order valence-electron chi connectivity index (χ1n) is 9.05. The normalized spacial score (nSPS) is 24.5. The van der Waals surface area contributed by atoms with Gasteiger partial charge in [-0.05, 0) is 64.5 Å². The summed E-state index contributed by atoms with van der Waals surface area (Å²) in [7, 11) is 0. The largest absolute Gasteiger partial charge is 0.342 e. The van der Waals surface area contributed by atoms with Crippen LogP contribution in [0.1, 0.15) is 59.8 Å². The number of carbonyl (C=O) groups excluding carboxylic acids is 1. The van der Waals surface area contributed by atoms with Gasteiger partial charge in [-0.25, -0.2) is 0 Å². The summed E-state index contributed by atoms with van der Waals surface area (Å²) in [5, 5.41) is 0. The van der Waals surface area contributed by atoms with Gasteiger partial charge in [0, 0.05) is 25.0 Å². The van der Waals surface area contributed by atoms with E-state index in [0.717, 1.165) is 50.9 Å². The van der Waals surface area contributed by atoms with Gasteiger partial charge in [0.15, 0.2) is 0 Å². The zero-order valence-corrected chi connectivity index (χ0v) is 14.5.